The molecule has 1 aromatic rings. The van der Waals surface area contributed by atoms with E-state index in [4.69, 9.17) is 0 Å². The molecule has 1 heterocycles. The fourth-order valence-corrected chi connectivity index (χ4v) is 2.98. The molecule has 92 valence electrons. The van der Waals surface area contributed by atoms with Crippen molar-refractivity contribution in [3.63, 3.8) is 0 Å². The predicted octanol–water partition coefficient (Wildman–Crippen LogP) is 1.12. The molecule has 4 nitrogen and oxygen atoms in total. The highest BCUT2D eigenvalue weighted by Crippen LogP contribution is 2.54. The molecular weight excluding hydrogens is 214 g/mol. The molecule has 0 aromatic carbocycles. The van der Waals surface area contributed by atoms with Crippen molar-refractivity contribution in [2.24, 2.45) is 24.8 Å². The lowest BCUT2D eigenvalue weighted by Crippen LogP contribution is -2.31. The molecule has 0 saturated heterocycles. The van der Waals surface area contributed by atoms with Crippen LogP contribution in [0.1, 0.15) is 25.0 Å². The van der Waals surface area contributed by atoms with Crippen LogP contribution in [0.5, 0.6) is 0 Å². The van der Waals surface area contributed by atoms with Gasteiger partial charge in [0.25, 0.3) is 0 Å². The van der Waals surface area contributed by atoms with Gasteiger partial charge in [0.05, 0.1) is 5.69 Å². The van der Waals surface area contributed by atoms with Crippen molar-refractivity contribution in [3.8, 4) is 0 Å². The Morgan fingerprint density at radius 2 is 2.24 bits per heavy atom. The van der Waals surface area contributed by atoms with E-state index in [9.17, 15) is 4.79 Å². The van der Waals surface area contributed by atoms with Gasteiger partial charge in [0, 0.05) is 32.1 Å². The molecule has 2 fully saturated rings. The van der Waals surface area contributed by atoms with Gasteiger partial charge in [0.1, 0.15) is 0 Å². The van der Waals surface area contributed by atoms with Gasteiger partial charge >= 0.3 is 0 Å². The Morgan fingerprint density at radius 1 is 1.47 bits per heavy atom. The summed E-state index contributed by atoms with van der Waals surface area (Å²) in [5.74, 6) is 2.30. The summed E-state index contributed by atoms with van der Waals surface area (Å²) in [6.07, 6.45) is 6.38. The molecule has 1 N–H and O–H groups in total. The number of carbonyl (C=O) groups excluding carboxylic acids is 1. The summed E-state index contributed by atoms with van der Waals surface area (Å²) in [4.78, 5) is 11.9. The Balaban J connectivity index is 1.40. The highest BCUT2D eigenvalue weighted by molar-refractivity contribution is 5.79. The van der Waals surface area contributed by atoms with Crippen LogP contribution >= 0.6 is 0 Å². The molecule has 0 spiro atoms. The maximum atomic E-state index is 11.9. The minimum Gasteiger partial charge on any atom is -0.355 e. The van der Waals surface area contributed by atoms with Crippen LogP contribution < -0.4 is 5.32 Å². The minimum absolute atomic E-state index is 0.258. The van der Waals surface area contributed by atoms with E-state index in [0.29, 0.717) is 12.5 Å². The van der Waals surface area contributed by atoms with Gasteiger partial charge < -0.3 is 5.32 Å². The number of rotatable bonds is 4. The van der Waals surface area contributed by atoms with Crippen LogP contribution in [0.15, 0.2) is 12.3 Å². The number of hydrogen-bond acceptors (Lipinski definition) is 2. The van der Waals surface area contributed by atoms with E-state index < -0.39 is 0 Å². The first kappa shape index (κ1) is 10.8. The number of aromatic nitrogens is 2. The number of nitrogens with one attached hydrogen (secondary N) is 1. The number of hydrogen-bond donors (Lipinski definition) is 1. The van der Waals surface area contributed by atoms with E-state index in [1.165, 1.54) is 6.42 Å². The quantitative estimate of drug-likeness (QED) is 0.847. The zero-order valence-corrected chi connectivity index (χ0v) is 10.2. The van der Waals surface area contributed by atoms with Gasteiger partial charge in [-0.1, -0.05) is 0 Å². The Bertz CT molecular complexity index is 416. The van der Waals surface area contributed by atoms with Crippen LogP contribution in [0.4, 0.5) is 0 Å². The molecule has 0 aliphatic heterocycles. The molecule has 2 aliphatic carbocycles. The van der Waals surface area contributed by atoms with Crippen LogP contribution in [-0.2, 0) is 18.3 Å². The number of fused-ring (bicyclic) bond motifs is 1. The highest BCUT2D eigenvalue weighted by atomic mass is 16.1. The van der Waals surface area contributed by atoms with Crippen molar-refractivity contribution in [1.29, 1.82) is 0 Å². The lowest BCUT2D eigenvalue weighted by molar-refractivity contribution is -0.125. The zero-order valence-electron chi connectivity index (χ0n) is 10.2. The van der Waals surface area contributed by atoms with Gasteiger partial charge in [-0.05, 0) is 37.2 Å². The first-order valence-electron chi connectivity index (χ1n) is 6.48. The van der Waals surface area contributed by atoms with E-state index in [-0.39, 0.29) is 5.91 Å². The summed E-state index contributed by atoms with van der Waals surface area (Å²) in [6, 6.07) is 2.00. The van der Waals surface area contributed by atoms with E-state index in [1.54, 1.807) is 4.68 Å². The summed E-state index contributed by atoms with van der Waals surface area (Å²) in [6.45, 7) is 0.710. The second-order valence-corrected chi connectivity index (χ2v) is 5.45. The first-order chi connectivity index (χ1) is 8.22. The third-order valence-corrected chi connectivity index (χ3v) is 4.06. The maximum Gasteiger partial charge on any atom is 0.223 e. The highest BCUT2D eigenvalue weighted by Gasteiger charge is 2.47. The molecule has 2 aliphatic rings. The largest absolute Gasteiger partial charge is 0.355 e. The van der Waals surface area contributed by atoms with Gasteiger partial charge in [-0.15, -0.1) is 0 Å². The Labute approximate surface area is 101 Å². The summed E-state index contributed by atoms with van der Waals surface area (Å²) >= 11 is 0. The van der Waals surface area contributed by atoms with Crippen LogP contribution in [0, 0.1) is 17.8 Å². The van der Waals surface area contributed by atoms with Gasteiger partial charge in [0.15, 0.2) is 0 Å². The predicted molar refractivity (Wildman–Crippen MR) is 64.2 cm³/mol. The molecule has 17 heavy (non-hydrogen) atoms. The van der Waals surface area contributed by atoms with Crippen LogP contribution in [0.3, 0.4) is 0 Å². The Kier molecular flexibility index (Phi) is 2.65. The van der Waals surface area contributed by atoms with Crippen molar-refractivity contribution >= 4 is 5.91 Å². The van der Waals surface area contributed by atoms with Crippen LogP contribution in [0.25, 0.3) is 0 Å². The fraction of sp³-hybridized carbons (Fsp3) is 0.692. The molecule has 4 heteroatoms. The van der Waals surface area contributed by atoms with Crippen LogP contribution in [0.2, 0.25) is 0 Å². The lowest BCUT2D eigenvalue weighted by atomic mass is 10.0. The van der Waals surface area contributed by atoms with Gasteiger partial charge in [-0.3, -0.25) is 9.48 Å². The molecule has 2 saturated carbocycles. The maximum absolute atomic E-state index is 11.9. The first-order valence-corrected chi connectivity index (χ1v) is 6.48. The molecule has 0 bridgehead atoms. The van der Waals surface area contributed by atoms with Gasteiger partial charge in [-0.2, -0.15) is 5.10 Å². The van der Waals surface area contributed by atoms with Crippen LogP contribution in [-0.4, -0.2) is 22.2 Å². The summed E-state index contributed by atoms with van der Waals surface area (Å²) in [7, 11) is 1.91. The molecule has 3 rings (SSSR count). The normalized spacial score (nSPS) is 30.1. The van der Waals surface area contributed by atoms with Crippen molar-refractivity contribution < 1.29 is 4.79 Å². The topological polar surface area (TPSA) is 46.9 Å². The van der Waals surface area contributed by atoms with Gasteiger partial charge in [0.2, 0.25) is 5.91 Å². The van der Waals surface area contributed by atoms with Crippen molar-refractivity contribution in [2.45, 2.75) is 25.7 Å². The SMILES string of the molecule is Cn1ccc(CCNC(=O)C2CC3CC3C2)n1. The average molecular weight is 233 g/mol. The minimum atomic E-state index is 0.258. The molecule has 1 amide bonds. The fourth-order valence-electron chi connectivity index (χ4n) is 2.98. The second kappa shape index (κ2) is 4.17. The van der Waals surface area contributed by atoms with Crippen molar-refractivity contribution in [3.05, 3.63) is 18.0 Å². The van der Waals surface area contributed by atoms with E-state index in [1.807, 2.05) is 19.3 Å². The monoisotopic (exact) mass is 233 g/mol. The number of nitrogens with zero attached hydrogens (tertiary/aromatic N) is 2. The molecule has 2 unspecified atom stereocenters. The second-order valence-electron chi connectivity index (χ2n) is 5.45. The summed E-state index contributed by atoms with van der Waals surface area (Å²) in [5, 5.41) is 7.32. The van der Waals surface area contributed by atoms with Gasteiger partial charge in [-0.25, -0.2) is 0 Å². The van der Waals surface area contributed by atoms with E-state index in [0.717, 1.165) is 36.8 Å². The number of carbonyl (C=O) groups is 1. The summed E-state index contributed by atoms with van der Waals surface area (Å²) in [5.41, 5.74) is 1.04. The molecule has 2 atom stereocenters. The third kappa shape index (κ3) is 2.35. The number of aryl methyl sites for hydroxylation is 1. The lowest BCUT2D eigenvalue weighted by Gasteiger charge is -2.11. The van der Waals surface area contributed by atoms with E-state index >= 15 is 0 Å². The van der Waals surface area contributed by atoms with E-state index in [2.05, 4.69) is 10.4 Å². The number of amides is 1. The smallest absolute Gasteiger partial charge is 0.223 e. The Morgan fingerprint density at radius 3 is 2.88 bits per heavy atom. The Hall–Kier alpha value is -1.32. The van der Waals surface area contributed by atoms with Crippen molar-refractivity contribution in [2.75, 3.05) is 6.54 Å². The zero-order chi connectivity index (χ0) is 11.8. The van der Waals surface area contributed by atoms with Crippen molar-refractivity contribution in [1.82, 2.24) is 15.1 Å². The third-order valence-electron chi connectivity index (χ3n) is 4.06. The average Bonchev–Trinajstić information content (AvgIpc) is 2.74. The molecular formula is C13H19N3O. The summed E-state index contributed by atoms with van der Waals surface area (Å²) < 4.78 is 1.79. The molecule has 1 aromatic heterocycles. The molecule has 0 radical (unpaired) electrons. The standard InChI is InChI=1S/C13H19N3O/c1-16-5-3-12(15-16)2-4-14-13(17)11-7-9-6-10(9)8-11/h3,5,9-11H,2,4,6-8H2,1H3,(H,14,17).